The Kier molecular flexibility index (Phi) is 2.28. The van der Waals surface area contributed by atoms with Crippen LogP contribution in [0.15, 0.2) is 18.2 Å². The average Bonchev–Trinajstić information content (AvgIpc) is 2.54. The molecule has 1 aromatic carbocycles. The smallest absolute Gasteiger partial charge is 0.259 e. The lowest BCUT2D eigenvalue weighted by atomic mass is 9.94. The molecule has 0 saturated heterocycles. The van der Waals surface area contributed by atoms with Gasteiger partial charge in [0.15, 0.2) is 0 Å². The Balaban J connectivity index is 2.60. The number of hydrogen-bond acceptors (Lipinski definition) is 3. The van der Waals surface area contributed by atoms with Crippen LogP contribution in [-0.2, 0) is 0 Å². The number of benzene rings is 1. The van der Waals surface area contributed by atoms with Crippen LogP contribution in [0.2, 0.25) is 0 Å². The number of rotatable bonds is 2. The molecule has 0 fully saturated rings. The molecule has 1 heterocycles. The number of amides is 2. The molecule has 1 unspecified atom stereocenters. The van der Waals surface area contributed by atoms with Gasteiger partial charge in [-0.05, 0) is 11.6 Å². The van der Waals surface area contributed by atoms with Crippen LogP contribution in [0.5, 0.6) is 0 Å². The van der Waals surface area contributed by atoms with Gasteiger partial charge in [-0.15, -0.1) is 0 Å². The number of carbonyl (C=O) groups excluding carboxylic acids is 2. The van der Waals surface area contributed by atoms with Crippen molar-refractivity contribution in [2.24, 2.45) is 0 Å². The monoisotopic (exact) mass is 205 g/mol. The second kappa shape index (κ2) is 3.47. The van der Waals surface area contributed by atoms with Crippen molar-refractivity contribution in [1.29, 1.82) is 0 Å². The summed E-state index contributed by atoms with van der Waals surface area (Å²) < 4.78 is 0. The molecule has 1 atom stereocenters. The number of aliphatic hydroxyl groups excluding tert-OH is 1. The van der Waals surface area contributed by atoms with Crippen LogP contribution < -0.4 is 5.32 Å². The first kappa shape index (κ1) is 9.86. The number of imide groups is 1. The van der Waals surface area contributed by atoms with E-state index in [2.05, 4.69) is 5.32 Å². The Morgan fingerprint density at radius 1 is 1.33 bits per heavy atom. The molecule has 1 aliphatic rings. The van der Waals surface area contributed by atoms with E-state index in [1.54, 1.807) is 18.2 Å². The van der Waals surface area contributed by atoms with Crippen molar-refractivity contribution in [3.05, 3.63) is 34.9 Å². The van der Waals surface area contributed by atoms with E-state index in [1.165, 1.54) is 0 Å². The molecule has 2 N–H and O–H groups in total. The highest BCUT2D eigenvalue weighted by Crippen LogP contribution is 2.25. The summed E-state index contributed by atoms with van der Waals surface area (Å²) in [5, 5.41) is 11.3. The molecule has 0 bridgehead atoms. The molecule has 0 radical (unpaired) electrons. The Bertz CT molecular complexity index is 439. The molecule has 2 amide bonds. The van der Waals surface area contributed by atoms with Crippen molar-refractivity contribution in [2.45, 2.75) is 12.8 Å². The summed E-state index contributed by atoms with van der Waals surface area (Å²) in [6, 6.07) is 5.10. The molecule has 1 aromatic rings. The zero-order valence-electron chi connectivity index (χ0n) is 8.28. The van der Waals surface area contributed by atoms with Gasteiger partial charge in [0.25, 0.3) is 11.8 Å². The SMILES string of the molecule is CC(CO)c1cccc2c1C(=O)NC2=O. The first-order valence-electron chi connectivity index (χ1n) is 4.74. The average molecular weight is 205 g/mol. The van der Waals surface area contributed by atoms with E-state index in [1.807, 2.05) is 6.92 Å². The van der Waals surface area contributed by atoms with Gasteiger partial charge in [-0.3, -0.25) is 14.9 Å². The largest absolute Gasteiger partial charge is 0.396 e. The molecule has 78 valence electrons. The molecule has 0 spiro atoms. The minimum absolute atomic E-state index is 0.0437. The van der Waals surface area contributed by atoms with Gasteiger partial charge >= 0.3 is 0 Å². The Morgan fingerprint density at radius 2 is 2.07 bits per heavy atom. The molecule has 2 rings (SSSR count). The summed E-state index contributed by atoms with van der Waals surface area (Å²) in [7, 11) is 0. The highest BCUT2D eigenvalue weighted by molar-refractivity contribution is 6.22. The molecule has 0 aromatic heterocycles. The van der Waals surface area contributed by atoms with Crippen LogP contribution in [0, 0.1) is 0 Å². The number of fused-ring (bicyclic) bond motifs is 1. The molecule has 0 aliphatic carbocycles. The van der Waals surface area contributed by atoms with Gasteiger partial charge in [0.1, 0.15) is 0 Å². The summed E-state index contributed by atoms with van der Waals surface area (Å²) in [6.07, 6.45) is 0. The standard InChI is InChI=1S/C11H11NO3/c1-6(5-13)7-3-2-4-8-9(7)11(15)12-10(8)14/h2-4,6,13H,5H2,1H3,(H,12,14,15). The van der Waals surface area contributed by atoms with Crippen molar-refractivity contribution in [2.75, 3.05) is 6.61 Å². The van der Waals surface area contributed by atoms with E-state index in [0.717, 1.165) is 5.56 Å². The van der Waals surface area contributed by atoms with Crippen molar-refractivity contribution in [3.8, 4) is 0 Å². The predicted octanol–water partition coefficient (Wildman–Crippen LogP) is 0.666. The van der Waals surface area contributed by atoms with E-state index in [-0.39, 0.29) is 24.3 Å². The minimum atomic E-state index is -0.370. The summed E-state index contributed by atoms with van der Waals surface area (Å²) in [6.45, 7) is 1.77. The maximum absolute atomic E-state index is 11.5. The zero-order chi connectivity index (χ0) is 11.0. The molecule has 4 nitrogen and oxygen atoms in total. The van der Waals surface area contributed by atoms with E-state index in [9.17, 15) is 9.59 Å². The van der Waals surface area contributed by atoms with Crippen LogP contribution >= 0.6 is 0 Å². The van der Waals surface area contributed by atoms with Gasteiger partial charge in [-0.2, -0.15) is 0 Å². The fourth-order valence-corrected chi connectivity index (χ4v) is 1.75. The first-order valence-corrected chi connectivity index (χ1v) is 4.74. The van der Waals surface area contributed by atoms with Gasteiger partial charge in [0.2, 0.25) is 0 Å². The van der Waals surface area contributed by atoms with E-state index >= 15 is 0 Å². The number of nitrogens with one attached hydrogen (secondary N) is 1. The van der Waals surface area contributed by atoms with Gasteiger partial charge in [0, 0.05) is 12.5 Å². The van der Waals surface area contributed by atoms with Crippen LogP contribution in [0.4, 0.5) is 0 Å². The summed E-state index contributed by atoms with van der Waals surface area (Å²) in [5.74, 6) is -0.871. The van der Waals surface area contributed by atoms with Crippen LogP contribution in [0.25, 0.3) is 0 Å². The predicted molar refractivity (Wildman–Crippen MR) is 53.7 cm³/mol. The molecule has 0 saturated carbocycles. The zero-order valence-corrected chi connectivity index (χ0v) is 8.28. The third-order valence-corrected chi connectivity index (χ3v) is 2.60. The minimum Gasteiger partial charge on any atom is -0.396 e. The fraction of sp³-hybridized carbons (Fsp3) is 0.273. The van der Waals surface area contributed by atoms with Crippen molar-refractivity contribution < 1.29 is 14.7 Å². The molecule has 1 aliphatic heterocycles. The number of hydrogen-bond donors (Lipinski definition) is 2. The van der Waals surface area contributed by atoms with E-state index in [4.69, 9.17) is 5.11 Å². The Hall–Kier alpha value is -1.68. The highest BCUT2D eigenvalue weighted by atomic mass is 16.3. The molecular weight excluding hydrogens is 194 g/mol. The Morgan fingerprint density at radius 3 is 2.73 bits per heavy atom. The molecule has 15 heavy (non-hydrogen) atoms. The van der Waals surface area contributed by atoms with Gasteiger partial charge < -0.3 is 5.11 Å². The van der Waals surface area contributed by atoms with Gasteiger partial charge in [0.05, 0.1) is 11.1 Å². The Labute approximate surface area is 86.9 Å². The second-order valence-electron chi connectivity index (χ2n) is 3.64. The number of aliphatic hydroxyl groups is 1. The van der Waals surface area contributed by atoms with Gasteiger partial charge in [-0.1, -0.05) is 19.1 Å². The fourth-order valence-electron chi connectivity index (χ4n) is 1.75. The summed E-state index contributed by atoms with van der Waals surface area (Å²) in [5.41, 5.74) is 1.53. The maximum atomic E-state index is 11.5. The second-order valence-corrected chi connectivity index (χ2v) is 3.64. The maximum Gasteiger partial charge on any atom is 0.259 e. The highest BCUT2D eigenvalue weighted by Gasteiger charge is 2.30. The third kappa shape index (κ3) is 1.43. The lowest BCUT2D eigenvalue weighted by molar-refractivity contribution is 0.0879. The van der Waals surface area contributed by atoms with E-state index in [0.29, 0.717) is 11.1 Å². The number of carbonyl (C=O) groups is 2. The summed E-state index contributed by atoms with van der Waals surface area (Å²) >= 11 is 0. The van der Waals surface area contributed by atoms with Crippen LogP contribution in [0.3, 0.4) is 0 Å². The molecule has 4 heteroatoms. The summed E-state index contributed by atoms with van der Waals surface area (Å²) in [4.78, 5) is 22.8. The van der Waals surface area contributed by atoms with Gasteiger partial charge in [-0.25, -0.2) is 0 Å². The lowest BCUT2D eigenvalue weighted by Crippen LogP contribution is -2.20. The molecular formula is C11H11NO3. The van der Waals surface area contributed by atoms with Crippen LogP contribution in [-0.4, -0.2) is 23.5 Å². The lowest BCUT2D eigenvalue weighted by Gasteiger charge is -2.10. The normalized spacial score (nSPS) is 16.1. The third-order valence-electron chi connectivity index (χ3n) is 2.60. The quantitative estimate of drug-likeness (QED) is 0.697. The van der Waals surface area contributed by atoms with Crippen molar-refractivity contribution in [1.82, 2.24) is 5.32 Å². The van der Waals surface area contributed by atoms with Crippen molar-refractivity contribution in [3.63, 3.8) is 0 Å². The van der Waals surface area contributed by atoms with E-state index < -0.39 is 0 Å². The topological polar surface area (TPSA) is 66.4 Å². The first-order chi connectivity index (χ1) is 7.15. The van der Waals surface area contributed by atoms with Crippen LogP contribution in [0.1, 0.15) is 39.1 Å². The van der Waals surface area contributed by atoms with Crippen molar-refractivity contribution >= 4 is 11.8 Å².